The Hall–Kier alpha value is -1.52. The molecule has 4 nitrogen and oxygen atoms in total. The van der Waals surface area contributed by atoms with Crippen molar-refractivity contribution >= 4 is 17.6 Å². The Morgan fingerprint density at radius 3 is 2.65 bits per heavy atom. The van der Waals surface area contributed by atoms with Crippen molar-refractivity contribution < 1.29 is 9.90 Å². The number of aliphatic hydroxyl groups is 1. The minimum Gasteiger partial charge on any atom is -0.394 e. The molecule has 0 fully saturated rings. The molecule has 1 rings (SSSR count). The average molecular weight is 255 g/mol. The second-order valence-electron chi connectivity index (χ2n) is 3.43. The summed E-state index contributed by atoms with van der Waals surface area (Å²) in [6.45, 7) is 3.70. The van der Waals surface area contributed by atoms with Gasteiger partial charge < -0.3 is 15.7 Å². The van der Waals surface area contributed by atoms with Gasteiger partial charge in [-0.2, -0.15) is 0 Å². The maximum atomic E-state index is 11.4. The molecule has 17 heavy (non-hydrogen) atoms. The van der Waals surface area contributed by atoms with Crippen LogP contribution in [0.3, 0.4) is 0 Å². The minimum atomic E-state index is -0.447. The summed E-state index contributed by atoms with van der Waals surface area (Å²) < 4.78 is 0. The van der Waals surface area contributed by atoms with Gasteiger partial charge in [-0.3, -0.25) is 0 Å². The topological polar surface area (TPSA) is 61.4 Å². The monoisotopic (exact) mass is 254 g/mol. The zero-order valence-corrected chi connectivity index (χ0v) is 10.1. The Labute approximate surface area is 105 Å². The summed E-state index contributed by atoms with van der Waals surface area (Å²) in [5.74, 6) is 0. The number of nitrogens with one attached hydrogen (secondary N) is 2. The van der Waals surface area contributed by atoms with E-state index in [4.69, 9.17) is 11.6 Å². The van der Waals surface area contributed by atoms with Gasteiger partial charge in [-0.05, 0) is 17.7 Å². The van der Waals surface area contributed by atoms with Crippen LogP contribution in [0.1, 0.15) is 11.6 Å². The van der Waals surface area contributed by atoms with Crippen molar-refractivity contribution in [1.29, 1.82) is 0 Å². The predicted octanol–water partition coefficient (Wildman–Crippen LogP) is 1.86. The molecule has 0 saturated carbocycles. The number of carbonyl (C=O) groups excluding carboxylic acids is 1. The Balaban J connectivity index is 2.62. The Morgan fingerprint density at radius 1 is 1.47 bits per heavy atom. The van der Waals surface area contributed by atoms with Gasteiger partial charge in [0.2, 0.25) is 0 Å². The van der Waals surface area contributed by atoms with Gasteiger partial charge in [-0.15, -0.1) is 6.58 Å². The number of aliphatic hydroxyl groups excluding tert-OH is 1. The predicted molar refractivity (Wildman–Crippen MR) is 68.0 cm³/mol. The fraction of sp³-hybridized carbons (Fsp3) is 0.250. The van der Waals surface area contributed by atoms with Gasteiger partial charge in [0, 0.05) is 11.6 Å². The molecule has 5 heteroatoms. The highest BCUT2D eigenvalue weighted by molar-refractivity contribution is 6.30. The van der Waals surface area contributed by atoms with Crippen LogP contribution in [-0.2, 0) is 0 Å². The fourth-order valence-corrected chi connectivity index (χ4v) is 1.43. The second-order valence-corrected chi connectivity index (χ2v) is 3.87. The average Bonchev–Trinajstić information content (AvgIpc) is 2.34. The van der Waals surface area contributed by atoms with Crippen molar-refractivity contribution in [1.82, 2.24) is 10.6 Å². The molecule has 1 unspecified atom stereocenters. The first-order valence-corrected chi connectivity index (χ1v) is 5.56. The first kappa shape index (κ1) is 13.5. The van der Waals surface area contributed by atoms with E-state index in [0.29, 0.717) is 11.6 Å². The zero-order valence-electron chi connectivity index (χ0n) is 9.32. The number of halogens is 1. The molecule has 2 amide bonds. The molecule has 1 atom stereocenters. The third-order valence-electron chi connectivity index (χ3n) is 2.17. The van der Waals surface area contributed by atoms with Crippen molar-refractivity contribution in [3.63, 3.8) is 0 Å². The minimum absolute atomic E-state index is 0.177. The lowest BCUT2D eigenvalue weighted by atomic mass is 10.1. The van der Waals surface area contributed by atoms with Crippen LogP contribution in [-0.4, -0.2) is 24.3 Å². The lowest BCUT2D eigenvalue weighted by Crippen LogP contribution is -2.39. The molecule has 92 valence electrons. The number of carbonyl (C=O) groups is 1. The smallest absolute Gasteiger partial charge is 0.315 e. The number of hydrogen-bond donors (Lipinski definition) is 3. The van der Waals surface area contributed by atoms with Crippen LogP contribution in [0.25, 0.3) is 0 Å². The first-order valence-electron chi connectivity index (χ1n) is 5.19. The van der Waals surface area contributed by atoms with Gasteiger partial charge >= 0.3 is 6.03 Å². The number of benzene rings is 1. The highest BCUT2D eigenvalue weighted by atomic mass is 35.5. The van der Waals surface area contributed by atoms with E-state index in [1.807, 2.05) is 0 Å². The van der Waals surface area contributed by atoms with E-state index in [9.17, 15) is 9.90 Å². The standard InChI is InChI=1S/C12H15ClN2O2/c1-2-7-14-12(17)15-11(8-16)9-3-5-10(13)6-4-9/h2-6,11,16H,1,7-8H2,(H2,14,15,17). The van der Waals surface area contributed by atoms with Crippen molar-refractivity contribution in [2.45, 2.75) is 6.04 Å². The Kier molecular flexibility index (Phi) is 5.52. The molecule has 0 spiro atoms. The van der Waals surface area contributed by atoms with Gasteiger partial charge in [-0.1, -0.05) is 29.8 Å². The van der Waals surface area contributed by atoms with Crippen LogP contribution in [0.2, 0.25) is 5.02 Å². The molecule has 0 aliphatic rings. The first-order chi connectivity index (χ1) is 8.17. The van der Waals surface area contributed by atoms with Crippen molar-refractivity contribution in [3.05, 3.63) is 47.5 Å². The van der Waals surface area contributed by atoms with E-state index in [2.05, 4.69) is 17.2 Å². The van der Waals surface area contributed by atoms with Gasteiger partial charge in [-0.25, -0.2) is 4.79 Å². The molecular formula is C12H15ClN2O2. The molecule has 3 N–H and O–H groups in total. The van der Waals surface area contributed by atoms with Gasteiger partial charge in [0.1, 0.15) is 0 Å². The highest BCUT2D eigenvalue weighted by Crippen LogP contribution is 2.15. The molecule has 0 aliphatic heterocycles. The molecule has 0 saturated heterocycles. The third-order valence-corrected chi connectivity index (χ3v) is 2.42. The maximum absolute atomic E-state index is 11.4. The summed E-state index contributed by atoms with van der Waals surface area (Å²) in [5.41, 5.74) is 0.797. The quantitative estimate of drug-likeness (QED) is 0.703. The van der Waals surface area contributed by atoms with Crippen molar-refractivity contribution in [2.75, 3.05) is 13.2 Å². The Morgan fingerprint density at radius 2 is 2.12 bits per heavy atom. The van der Waals surface area contributed by atoms with Crippen molar-refractivity contribution in [2.24, 2.45) is 0 Å². The molecular weight excluding hydrogens is 240 g/mol. The number of urea groups is 1. The van der Waals surface area contributed by atoms with E-state index in [-0.39, 0.29) is 12.6 Å². The lowest BCUT2D eigenvalue weighted by molar-refractivity contribution is 0.217. The van der Waals surface area contributed by atoms with Gasteiger partial charge in [0.25, 0.3) is 0 Å². The molecule has 1 aromatic rings. The molecule has 0 radical (unpaired) electrons. The molecule has 0 bridgehead atoms. The van der Waals surface area contributed by atoms with Gasteiger partial charge in [0.15, 0.2) is 0 Å². The van der Waals surface area contributed by atoms with Crippen LogP contribution in [0, 0.1) is 0 Å². The van der Waals surface area contributed by atoms with E-state index in [1.165, 1.54) is 0 Å². The van der Waals surface area contributed by atoms with Crippen LogP contribution < -0.4 is 10.6 Å². The van der Waals surface area contributed by atoms with E-state index < -0.39 is 6.04 Å². The second kappa shape index (κ2) is 6.93. The molecule has 1 aromatic carbocycles. The van der Waals surface area contributed by atoms with E-state index in [0.717, 1.165) is 5.56 Å². The van der Waals surface area contributed by atoms with Crippen LogP contribution in [0.15, 0.2) is 36.9 Å². The summed E-state index contributed by atoms with van der Waals surface area (Å²) in [6, 6.07) is 6.15. The third kappa shape index (κ3) is 4.46. The number of rotatable bonds is 5. The zero-order chi connectivity index (χ0) is 12.7. The summed E-state index contributed by atoms with van der Waals surface area (Å²) in [7, 11) is 0. The molecule has 0 aliphatic carbocycles. The maximum Gasteiger partial charge on any atom is 0.315 e. The SMILES string of the molecule is C=CCNC(=O)NC(CO)c1ccc(Cl)cc1. The van der Waals surface area contributed by atoms with Gasteiger partial charge in [0.05, 0.1) is 12.6 Å². The lowest BCUT2D eigenvalue weighted by Gasteiger charge is -2.16. The largest absolute Gasteiger partial charge is 0.394 e. The van der Waals surface area contributed by atoms with E-state index in [1.54, 1.807) is 30.3 Å². The molecule has 0 aromatic heterocycles. The normalized spacial score (nSPS) is 11.6. The Bertz CT molecular complexity index is 379. The summed E-state index contributed by atoms with van der Waals surface area (Å²) >= 11 is 5.76. The van der Waals surface area contributed by atoms with E-state index >= 15 is 0 Å². The number of hydrogen-bond acceptors (Lipinski definition) is 2. The van der Waals surface area contributed by atoms with Crippen LogP contribution >= 0.6 is 11.6 Å². The van der Waals surface area contributed by atoms with Crippen molar-refractivity contribution in [3.8, 4) is 0 Å². The van der Waals surface area contributed by atoms with Crippen LogP contribution in [0.4, 0.5) is 4.79 Å². The number of amides is 2. The van der Waals surface area contributed by atoms with Crippen LogP contribution in [0.5, 0.6) is 0 Å². The highest BCUT2D eigenvalue weighted by Gasteiger charge is 2.12. The summed E-state index contributed by atoms with van der Waals surface area (Å²) in [4.78, 5) is 11.4. The molecule has 0 heterocycles. The summed E-state index contributed by atoms with van der Waals surface area (Å²) in [6.07, 6.45) is 1.58. The fourth-order valence-electron chi connectivity index (χ4n) is 1.30. The summed E-state index contributed by atoms with van der Waals surface area (Å²) in [5, 5.41) is 15.1.